The predicted molar refractivity (Wildman–Crippen MR) is 114 cm³/mol. The van der Waals surface area contributed by atoms with Crippen LogP contribution in [0.4, 0.5) is 22.7 Å². The van der Waals surface area contributed by atoms with E-state index in [9.17, 15) is 0 Å². The zero-order valence-corrected chi connectivity index (χ0v) is 15.0. The normalized spacial score (nSPS) is 12.9. The van der Waals surface area contributed by atoms with Crippen LogP contribution in [0.25, 0.3) is 11.1 Å². The molecule has 0 radical (unpaired) electrons. The SMILES string of the molecule is c1ccc(-c2cccc(N3CN(c4ccccc4)c4ccccc43)c2)cc1. The minimum atomic E-state index is 0.807. The molecule has 1 aliphatic rings. The number of hydrogen-bond donors (Lipinski definition) is 0. The first-order valence-corrected chi connectivity index (χ1v) is 9.25. The van der Waals surface area contributed by atoms with Crippen molar-refractivity contribution in [3.63, 3.8) is 0 Å². The number of hydrogen-bond acceptors (Lipinski definition) is 2. The molecule has 0 amide bonds. The van der Waals surface area contributed by atoms with Crippen molar-refractivity contribution < 1.29 is 0 Å². The molecule has 0 atom stereocenters. The summed E-state index contributed by atoms with van der Waals surface area (Å²) in [5, 5.41) is 0. The molecule has 130 valence electrons. The minimum Gasteiger partial charge on any atom is -0.321 e. The lowest BCUT2D eigenvalue weighted by Gasteiger charge is -2.22. The summed E-state index contributed by atoms with van der Waals surface area (Å²) in [6.07, 6.45) is 0. The van der Waals surface area contributed by atoms with E-state index in [1.807, 2.05) is 0 Å². The van der Waals surface area contributed by atoms with Gasteiger partial charge in [-0.2, -0.15) is 0 Å². The summed E-state index contributed by atoms with van der Waals surface area (Å²) in [6.45, 7) is 0.807. The number of fused-ring (bicyclic) bond motifs is 1. The van der Waals surface area contributed by atoms with Crippen molar-refractivity contribution in [3.05, 3.63) is 109 Å². The summed E-state index contributed by atoms with van der Waals surface area (Å²) in [5.74, 6) is 0. The third-order valence-electron chi connectivity index (χ3n) is 5.08. The molecule has 0 N–H and O–H groups in total. The highest BCUT2D eigenvalue weighted by Gasteiger charge is 2.27. The van der Waals surface area contributed by atoms with Gasteiger partial charge >= 0.3 is 0 Å². The van der Waals surface area contributed by atoms with Gasteiger partial charge in [0.15, 0.2) is 0 Å². The molecule has 4 aromatic rings. The Morgan fingerprint density at radius 2 is 0.963 bits per heavy atom. The van der Waals surface area contributed by atoms with E-state index < -0.39 is 0 Å². The van der Waals surface area contributed by atoms with Crippen LogP contribution in [0.5, 0.6) is 0 Å². The Kier molecular flexibility index (Phi) is 3.87. The highest BCUT2D eigenvalue weighted by atomic mass is 15.4. The van der Waals surface area contributed by atoms with Gasteiger partial charge in [0.25, 0.3) is 0 Å². The molecular formula is C25H20N2. The highest BCUT2D eigenvalue weighted by molar-refractivity contribution is 5.87. The maximum absolute atomic E-state index is 2.38. The molecule has 27 heavy (non-hydrogen) atoms. The van der Waals surface area contributed by atoms with Crippen LogP contribution in [-0.2, 0) is 0 Å². The second kappa shape index (κ2) is 6.65. The number of anilines is 4. The lowest BCUT2D eigenvalue weighted by atomic mass is 10.0. The van der Waals surface area contributed by atoms with Gasteiger partial charge in [-0.05, 0) is 47.5 Å². The van der Waals surface area contributed by atoms with E-state index in [0.29, 0.717) is 0 Å². The molecule has 5 rings (SSSR count). The Bertz CT molecular complexity index is 1060. The van der Waals surface area contributed by atoms with Crippen molar-refractivity contribution >= 4 is 22.7 Å². The summed E-state index contributed by atoms with van der Waals surface area (Å²) >= 11 is 0. The van der Waals surface area contributed by atoms with Crippen molar-refractivity contribution in [1.29, 1.82) is 0 Å². The van der Waals surface area contributed by atoms with Crippen molar-refractivity contribution in [1.82, 2.24) is 0 Å². The van der Waals surface area contributed by atoms with E-state index in [1.165, 1.54) is 33.9 Å². The van der Waals surface area contributed by atoms with Crippen molar-refractivity contribution in [2.45, 2.75) is 0 Å². The zero-order chi connectivity index (χ0) is 18.1. The van der Waals surface area contributed by atoms with Crippen molar-refractivity contribution in [2.24, 2.45) is 0 Å². The topological polar surface area (TPSA) is 6.48 Å². The van der Waals surface area contributed by atoms with E-state index in [2.05, 4.69) is 119 Å². The molecule has 1 aliphatic heterocycles. The van der Waals surface area contributed by atoms with Crippen LogP contribution in [0.3, 0.4) is 0 Å². The maximum atomic E-state index is 2.38. The smallest absolute Gasteiger partial charge is 0.100 e. The van der Waals surface area contributed by atoms with Gasteiger partial charge in [0.05, 0.1) is 11.4 Å². The Morgan fingerprint density at radius 1 is 0.444 bits per heavy atom. The summed E-state index contributed by atoms with van der Waals surface area (Å²) in [5.41, 5.74) is 7.39. The first-order chi connectivity index (χ1) is 13.4. The average molecular weight is 348 g/mol. The molecule has 4 aromatic carbocycles. The quantitative estimate of drug-likeness (QED) is 0.411. The Balaban J connectivity index is 1.57. The van der Waals surface area contributed by atoms with E-state index in [0.717, 1.165) is 6.67 Å². The van der Waals surface area contributed by atoms with Gasteiger partial charge in [0.1, 0.15) is 6.67 Å². The lowest BCUT2D eigenvalue weighted by molar-refractivity contribution is 0.991. The van der Waals surface area contributed by atoms with E-state index >= 15 is 0 Å². The molecule has 0 unspecified atom stereocenters. The van der Waals surface area contributed by atoms with Gasteiger partial charge in [0, 0.05) is 11.4 Å². The monoisotopic (exact) mass is 348 g/mol. The first-order valence-electron chi connectivity index (χ1n) is 9.25. The second-order valence-corrected chi connectivity index (χ2v) is 6.74. The summed E-state index contributed by atoms with van der Waals surface area (Å²) in [4.78, 5) is 4.75. The van der Waals surface area contributed by atoms with Crippen molar-refractivity contribution in [3.8, 4) is 11.1 Å². The minimum absolute atomic E-state index is 0.807. The van der Waals surface area contributed by atoms with Crippen LogP contribution in [0.2, 0.25) is 0 Å². The average Bonchev–Trinajstić information content (AvgIpc) is 3.15. The van der Waals surface area contributed by atoms with Crippen LogP contribution in [0.1, 0.15) is 0 Å². The third-order valence-corrected chi connectivity index (χ3v) is 5.08. The van der Waals surface area contributed by atoms with E-state index in [-0.39, 0.29) is 0 Å². The highest BCUT2D eigenvalue weighted by Crippen LogP contribution is 2.44. The van der Waals surface area contributed by atoms with Gasteiger partial charge in [-0.15, -0.1) is 0 Å². The van der Waals surface area contributed by atoms with E-state index in [4.69, 9.17) is 0 Å². The third kappa shape index (κ3) is 2.85. The predicted octanol–water partition coefficient (Wildman–Crippen LogP) is 6.60. The second-order valence-electron chi connectivity index (χ2n) is 6.74. The van der Waals surface area contributed by atoms with Crippen LogP contribution in [0, 0.1) is 0 Å². The van der Waals surface area contributed by atoms with Gasteiger partial charge in [-0.25, -0.2) is 0 Å². The fraction of sp³-hybridized carbons (Fsp3) is 0.0400. The van der Waals surface area contributed by atoms with Gasteiger partial charge in [-0.3, -0.25) is 0 Å². The van der Waals surface area contributed by atoms with Crippen LogP contribution in [-0.4, -0.2) is 6.67 Å². The zero-order valence-electron chi connectivity index (χ0n) is 15.0. The molecule has 0 spiro atoms. The van der Waals surface area contributed by atoms with E-state index in [1.54, 1.807) is 0 Å². The Labute approximate surface area is 159 Å². The molecule has 0 fully saturated rings. The van der Waals surface area contributed by atoms with Crippen LogP contribution >= 0.6 is 0 Å². The number of rotatable bonds is 3. The van der Waals surface area contributed by atoms with Gasteiger partial charge < -0.3 is 9.80 Å². The lowest BCUT2D eigenvalue weighted by Crippen LogP contribution is -2.23. The fourth-order valence-electron chi connectivity index (χ4n) is 3.75. The number of nitrogens with zero attached hydrogens (tertiary/aromatic N) is 2. The largest absolute Gasteiger partial charge is 0.321 e. The molecule has 1 heterocycles. The molecule has 2 nitrogen and oxygen atoms in total. The molecular weight excluding hydrogens is 328 g/mol. The first kappa shape index (κ1) is 15.7. The van der Waals surface area contributed by atoms with Crippen molar-refractivity contribution in [2.75, 3.05) is 16.5 Å². The summed E-state index contributed by atoms with van der Waals surface area (Å²) in [6, 6.07) is 38.6. The van der Waals surface area contributed by atoms with Crippen LogP contribution < -0.4 is 9.80 Å². The van der Waals surface area contributed by atoms with Gasteiger partial charge in [-0.1, -0.05) is 72.8 Å². The molecule has 0 aromatic heterocycles. The Morgan fingerprint density at radius 3 is 1.67 bits per heavy atom. The van der Waals surface area contributed by atoms with Gasteiger partial charge in [0.2, 0.25) is 0 Å². The number of para-hydroxylation sites is 3. The molecule has 0 saturated heterocycles. The molecule has 0 saturated carbocycles. The summed E-state index contributed by atoms with van der Waals surface area (Å²) < 4.78 is 0. The molecule has 0 bridgehead atoms. The Hall–Kier alpha value is -3.52. The summed E-state index contributed by atoms with van der Waals surface area (Å²) in [7, 11) is 0. The maximum Gasteiger partial charge on any atom is 0.100 e. The van der Waals surface area contributed by atoms with Crippen LogP contribution in [0.15, 0.2) is 109 Å². The molecule has 2 heteroatoms. The number of benzene rings is 4. The fourth-order valence-corrected chi connectivity index (χ4v) is 3.75. The standard InChI is InChI=1S/C25H20N2/c1-3-10-20(11-4-1)21-12-9-15-23(18-21)27-19-26(22-13-5-2-6-14-22)24-16-7-8-17-25(24)27/h1-18H,19H2. The molecule has 0 aliphatic carbocycles.